The molecule has 0 unspecified atom stereocenters. The molecule has 74 valence electrons. The number of hydrogen-bond acceptors (Lipinski definition) is 1. The van der Waals surface area contributed by atoms with Crippen LogP contribution in [0.2, 0.25) is 0 Å². The van der Waals surface area contributed by atoms with Gasteiger partial charge in [-0.3, -0.25) is 0 Å². The predicted molar refractivity (Wildman–Crippen MR) is 49.7 cm³/mol. The molecule has 0 saturated heterocycles. The molecule has 0 N–H and O–H groups in total. The van der Waals surface area contributed by atoms with Crippen molar-refractivity contribution < 1.29 is 8.78 Å². The summed E-state index contributed by atoms with van der Waals surface area (Å²) in [6.07, 6.45) is 2.69. The van der Waals surface area contributed by atoms with E-state index in [1.165, 1.54) is 23.1 Å². The number of nitrogens with zero attached hydrogens (tertiary/aromatic N) is 3. The van der Waals surface area contributed by atoms with Crippen molar-refractivity contribution in [3.8, 4) is 5.69 Å². The number of aromatic nitrogens is 2. The van der Waals surface area contributed by atoms with Crippen molar-refractivity contribution in [3.63, 3.8) is 0 Å². The second-order valence-corrected chi connectivity index (χ2v) is 2.85. The summed E-state index contributed by atoms with van der Waals surface area (Å²) in [5.74, 6) is -1.36. The molecule has 15 heavy (non-hydrogen) atoms. The average molecular weight is 205 g/mol. The molecule has 0 fully saturated rings. The van der Waals surface area contributed by atoms with Crippen molar-refractivity contribution in [1.82, 2.24) is 9.78 Å². The zero-order chi connectivity index (χ0) is 10.8. The van der Waals surface area contributed by atoms with Crippen LogP contribution in [0.5, 0.6) is 0 Å². The molecule has 0 radical (unpaired) electrons. The Morgan fingerprint density at radius 2 is 2.13 bits per heavy atom. The van der Waals surface area contributed by atoms with Gasteiger partial charge in [0, 0.05) is 12.3 Å². The molecule has 2 rings (SSSR count). The molecule has 0 atom stereocenters. The van der Waals surface area contributed by atoms with E-state index in [9.17, 15) is 8.78 Å². The highest BCUT2D eigenvalue weighted by atomic mass is 19.1. The summed E-state index contributed by atoms with van der Waals surface area (Å²) < 4.78 is 27.1. The minimum absolute atomic E-state index is 0.117. The lowest BCUT2D eigenvalue weighted by Crippen LogP contribution is -1.98. The maximum atomic E-state index is 13.3. The minimum Gasteiger partial charge on any atom is -0.250 e. The van der Waals surface area contributed by atoms with Gasteiger partial charge < -0.3 is 0 Å². The molecular weight excluding hydrogens is 200 g/mol. The average Bonchev–Trinajstić information content (AvgIpc) is 2.66. The largest absolute Gasteiger partial charge is 0.250 e. The van der Waals surface area contributed by atoms with Crippen LogP contribution in [-0.2, 0) is 0 Å². The lowest BCUT2D eigenvalue weighted by Gasteiger charge is -2.02. The Balaban J connectivity index is 2.50. The molecule has 5 heteroatoms. The van der Waals surface area contributed by atoms with E-state index >= 15 is 0 Å². The summed E-state index contributed by atoms with van der Waals surface area (Å²) in [7, 11) is 0. The van der Waals surface area contributed by atoms with E-state index < -0.39 is 11.6 Å². The quantitative estimate of drug-likeness (QED) is 0.656. The molecule has 1 aromatic heterocycles. The van der Waals surface area contributed by atoms with Crippen molar-refractivity contribution >= 4 is 5.69 Å². The molecule has 0 aliphatic carbocycles. The highest BCUT2D eigenvalue weighted by Gasteiger charge is 2.07. The normalized spacial score (nSPS) is 9.93. The number of benzene rings is 1. The lowest BCUT2D eigenvalue weighted by atomic mass is 10.3. The molecule has 0 aliphatic rings. The van der Waals surface area contributed by atoms with Crippen LogP contribution >= 0.6 is 0 Å². The first-order chi connectivity index (χ1) is 7.20. The first-order valence-corrected chi connectivity index (χ1v) is 4.08. The first kappa shape index (κ1) is 9.34. The molecule has 1 aromatic carbocycles. The van der Waals surface area contributed by atoms with Crippen LogP contribution in [0.4, 0.5) is 14.5 Å². The molecule has 3 nitrogen and oxygen atoms in total. The minimum atomic E-state index is -0.713. The Bertz CT molecular complexity index is 540. The van der Waals surface area contributed by atoms with Crippen molar-refractivity contribution in [3.05, 3.63) is 53.6 Å². The van der Waals surface area contributed by atoms with Gasteiger partial charge in [-0.25, -0.2) is 18.3 Å². The molecule has 0 amide bonds. The van der Waals surface area contributed by atoms with Crippen LogP contribution in [0.25, 0.3) is 10.5 Å². The van der Waals surface area contributed by atoms with Crippen molar-refractivity contribution in [2.75, 3.05) is 0 Å². The molecule has 0 aliphatic heterocycles. The van der Waals surface area contributed by atoms with Gasteiger partial charge in [0.25, 0.3) is 0 Å². The van der Waals surface area contributed by atoms with Gasteiger partial charge in [-0.15, -0.1) is 0 Å². The van der Waals surface area contributed by atoms with Crippen LogP contribution in [0, 0.1) is 18.2 Å². The van der Waals surface area contributed by atoms with Crippen LogP contribution in [0.1, 0.15) is 0 Å². The fraction of sp³-hybridized carbons (Fsp3) is 0. The Kier molecular flexibility index (Phi) is 2.18. The number of rotatable bonds is 1. The van der Waals surface area contributed by atoms with Gasteiger partial charge in [-0.05, 0) is 12.1 Å². The topological polar surface area (TPSA) is 22.2 Å². The van der Waals surface area contributed by atoms with Gasteiger partial charge in [-0.2, -0.15) is 5.10 Å². The van der Waals surface area contributed by atoms with Crippen LogP contribution < -0.4 is 0 Å². The van der Waals surface area contributed by atoms with Crippen molar-refractivity contribution in [2.24, 2.45) is 0 Å². The molecule has 1 heterocycles. The van der Waals surface area contributed by atoms with Crippen LogP contribution in [0.15, 0.2) is 30.6 Å². The fourth-order valence-corrected chi connectivity index (χ4v) is 1.17. The number of hydrogen-bond donors (Lipinski definition) is 0. The Morgan fingerprint density at radius 3 is 2.73 bits per heavy atom. The highest BCUT2D eigenvalue weighted by Crippen LogP contribution is 2.17. The lowest BCUT2D eigenvalue weighted by molar-refractivity contribution is 0.574. The summed E-state index contributed by atoms with van der Waals surface area (Å²) in [5, 5.41) is 3.79. The SMILES string of the molecule is [C-]#[N+]c1cnn(-c2ccc(F)cc2F)c1. The smallest absolute Gasteiger partial charge is 0.224 e. The second-order valence-electron chi connectivity index (χ2n) is 2.85. The second kappa shape index (κ2) is 3.50. The summed E-state index contributed by atoms with van der Waals surface area (Å²) in [6.45, 7) is 6.73. The van der Waals surface area contributed by atoms with Gasteiger partial charge >= 0.3 is 0 Å². The first-order valence-electron chi connectivity index (χ1n) is 4.08. The van der Waals surface area contributed by atoms with Crippen molar-refractivity contribution in [1.29, 1.82) is 0 Å². The van der Waals surface area contributed by atoms with E-state index in [0.29, 0.717) is 5.69 Å². The van der Waals surface area contributed by atoms with Gasteiger partial charge in [-0.1, -0.05) is 0 Å². The van der Waals surface area contributed by atoms with Gasteiger partial charge in [0.2, 0.25) is 5.69 Å². The van der Waals surface area contributed by atoms with Gasteiger partial charge in [0.1, 0.15) is 5.82 Å². The zero-order valence-electron chi connectivity index (χ0n) is 7.48. The summed E-state index contributed by atoms with van der Waals surface area (Å²) in [6, 6.07) is 3.18. The van der Waals surface area contributed by atoms with E-state index in [0.717, 1.165) is 12.1 Å². The summed E-state index contributed by atoms with van der Waals surface area (Å²) in [5.41, 5.74) is 0.421. The van der Waals surface area contributed by atoms with Crippen LogP contribution in [-0.4, -0.2) is 9.78 Å². The molecule has 2 aromatic rings. The molecular formula is C10H5F2N3. The standard InChI is InChI=1S/C10H5F2N3/c1-13-8-5-14-15(6-8)10-3-2-7(11)4-9(10)12/h2-6H. The van der Waals surface area contributed by atoms with Crippen LogP contribution in [0.3, 0.4) is 0 Å². The third-order valence-electron chi connectivity index (χ3n) is 1.85. The van der Waals surface area contributed by atoms with E-state index in [4.69, 9.17) is 6.57 Å². The Hall–Kier alpha value is -2.22. The maximum absolute atomic E-state index is 13.3. The van der Waals surface area contributed by atoms with Crippen molar-refractivity contribution in [2.45, 2.75) is 0 Å². The Labute approximate surface area is 84.4 Å². The van der Waals surface area contributed by atoms with Gasteiger partial charge in [0.05, 0.1) is 18.5 Å². The third-order valence-corrected chi connectivity index (χ3v) is 1.85. The monoisotopic (exact) mass is 205 g/mol. The van der Waals surface area contributed by atoms with Gasteiger partial charge in [0.15, 0.2) is 5.82 Å². The maximum Gasteiger partial charge on any atom is 0.224 e. The van der Waals surface area contributed by atoms with E-state index in [1.54, 1.807) is 0 Å². The predicted octanol–water partition coefficient (Wildman–Crippen LogP) is 2.70. The molecule has 0 saturated carbocycles. The van der Waals surface area contributed by atoms with E-state index in [2.05, 4.69) is 9.94 Å². The highest BCUT2D eigenvalue weighted by molar-refractivity contribution is 5.43. The summed E-state index contributed by atoms with van der Waals surface area (Å²) in [4.78, 5) is 3.13. The third kappa shape index (κ3) is 1.70. The molecule has 0 bridgehead atoms. The van der Waals surface area contributed by atoms with E-state index in [-0.39, 0.29) is 5.69 Å². The zero-order valence-corrected chi connectivity index (χ0v) is 7.48. The summed E-state index contributed by atoms with van der Waals surface area (Å²) >= 11 is 0. The number of halogens is 2. The molecule has 0 spiro atoms. The Morgan fingerprint density at radius 1 is 1.33 bits per heavy atom. The van der Waals surface area contributed by atoms with E-state index in [1.807, 2.05) is 0 Å². The fourth-order valence-electron chi connectivity index (χ4n) is 1.17.